The van der Waals surface area contributed by atoms with Crippen LogP contribution in [0.25, 0.3) is 0 Å². The van der Waals surface area contributed by atoms with E-state index in [2.05, 4.69) is 34.7 Å². The van der Waals surface area contributed by atoms with Crippen LogP contribution >= 0.6 is 0 Å². The van der Waals surface area contributed by atoms with Crippen LogP contribution in [0.3, 0.4) is 0 Å². The largest absolute Gasteiger partial charge is 0.480 e. The fourth-order valence-corrected chi connectivity index (χ4v) is 3.77. The van der Waals surface area contributed by atoms with Gasteiger partial charge in [0.1, 0.15) is 17.7 Å². The molecule has 0 unspecified atom stereocenters. The highest BCUT2D eigenvalue weighted by Gasteiger charge is 2.24. The Morgan fingerprint density at radius 2 is 2.12 bits per heavy atom. The molecular formula is C24H31FN4O4. The Labute approximate surface area is 193 Å². The molecule has 33 heavy (non-hydrogen) atoms. The average Bonchev–Trinajstić information content (AvgIpc) is 2.79. The number of nitrogens with zero attached hydrogens (tertiary/aromatic N) is 2. The maximum Gasteiger partial charge on any atom is 0.326 e. The molecule has 0 saturated heterocycles. The van der Waals surface area contributed by atoms with Gasteiger partial charge in [0, 0.05) is 38.1 Å². The molecule has 0 spiro atoms. The second kappa shape index (κ2) is 11.7. The van der Waals surface area contributed by atoms with E-state index < -0.39 is 23.7 Å². The summed E-state index contributed by atoms with van der Waals surface area (Å²) in [5.74, 6) is -1.48. The number of aromatic nitrogens is 2. The SMILES string of the molecule is Cc1nccc(F)c1C(=O)N[C@H](CCOC[C@H](C)CCc1ccc2c(n1)NCCC2)C(=O)O. The van der Waals surface area contributed by atoms with Crippen molar-refractivity contribution in [1.29, 1.82) is 0 Å². The molecule has 3 heterocycles. The summed E-state index contributed by atoms with van der Waals surface area (Å²) in [5, 5.41) is 15.1. The van der Waals surface area contributed by atoms with Crippen LogP contribution in [0.2, 0.25) is 0 Å². The number of nitrogens with one attached hydrogen (secondary N) is 2. The first-order valence-corrected chi connectivity index (χ1v) is 11.3. The molecule has 178 valence electrons. The molecule has 9 heteroatoms. The smallest absolute Gasteiger partial charge is 0.326 e. The summed E-state index contributed by atoms with van der Waals surface area (Å²) in [6.07, 6.45) is 5.26. The summed E-state index contributed by atoms with van der Waals surface area (Å²) in [6.45, 7) is 5.16. The van der Waals surface area contributed by atoms with E-state index in [-0.39, 0.29) is 30.2 Å². The van der Waals surface area contributed by atoms with Crippen molar-refractivity contribution in [1.82, 2.24) is 15.3 Å². The second-order valence-corrected chi connectivity index (χ2v) is 8.47. The number of ether oxygens (including phenoxy) is 1. The van der Waals surface area contributed by atoms with E-state index >= 15 is 0 Å². The van der Waals surface area contributed by atoms with Crippen molar-refractivity contribution in [3.05, 3.63) is 52.7 Å². The van der Waals surface area contributed by atoms with Gasteiger partial charge in [-0.05, 0) is 56.2 Å². The van der Waals surface area contributed by atoms with Crippen molar-refractivity contribution in [2.24, 2.45) is 5.92 Å². The van der Waals surface area contributed by atoms with E-state index in [0.29, 0.717) is 6.61 Å². The van der Waals surface area contributed by atoms with Crippen molar-refractivity contribution in [3.8, 4) is 0 Å². The number of anilines is 1. The van der Waals surface area contributed by atoms with E-state index in [1.54, 1.807) is 0 Å². The zero-order chi connectivity index (χ0) is 23.8. The molecule has 8 nitrogen and oxygen atoms in total. The number of carboxylic acids is 1. The topological polar surface area (TPSA) is 113 Å². The lowest BCUT2D eigenvalue weighted by Crippen LogP contribution is -2.42. The fraction of sp³-hybridized carbons (Fsp3) is 0.500. The van der Waals surface area contributed by atoms with Crippen molar-refractivity contribution in [2.45, 2.75) is 52.0 Å². The van der Waals surface area contributed by atoms with E-state index in [1.807, 2.05) is 0 Å². The van der Waals surface area contributed by atoms with E-state index in [0.717, 1.165) is 49.8 Å². The quantitative estimate of drug-likeness (QED) is 0.443. The number of hydrogen-bond acceptors (Lipinski definition) is 6. The summed E-state index contributed by atoms with van der Waals surface area (Å²) in [6, 6.07) is 4.11. The number of fused-ring (bicyclic) bond motifs is 1. The number of aryl methyl sites for hydroxylation is 3. The van der Waals surface area contributed by atoms with Gasteiger partial charge in [-0.15, -0.1) is 0 Å². The zero-order valence-electron chi connectivity index (χ0n) is 19.1. The molecule has 0 fully saturated rings. The molecule has 2 aromatic heterocycles. The Kier molecular flexibility index (Phi) is 8.71. The van der Waals surface area contributed by atoms with Crippen LogP contribution in [0.5, 0.6) is 0 Å². The molecule has 1 amide bonds. The number of rotatable bonds is 11. The van der Waals surface area contributed by atoms with Crippen LogP contribution < -0.4 is 10.6 Å². The first kappa shape index (κ1) is 24.6. The minimum Gasteiger partial charge on any atom is -0.480 e. The van der Waals surface area contributed by atoms with Gasteiger partial charge < -0.3 is 20.5 Å². The molecule has 0 bridgehead atoms. The Morgan fingerprint density at radius 3 is 2.88 bits per heavy atom. The van der Waals surface area contributed by atoms with Gasteiger partial charge in [-0.25, -0.2) is 14.2 Å². The first-order valence-electron chi connectivity index (χ1n) is 11.3. The third-order valence-corrected chi connectivity index (χ3v) is 5.72. The molecule has 0 radical (unpaired) electrons. The minimum absolute atomic E-state index is 0.0762. The number of carbonyl (C=O) groups excluding carboxylic acids is 1. The number of carboxylic acid groups (broad SMARTS) is 1. The monoisotopic (exact) mass is 458 g/mol. The Bertz CT molecular complexity index is 965. The van der Waals surface area contributed by atoms with Crippen LogP contribution in [0.1, 0.15) is 53.5 Å². The molecule has 0 aliphatic carbocycles. The van der Waals surface area contributed by atoms with Crippen LogP contribution in [0.15, 0.2) is 24.4 Å². The van der Waals surface area contributed by atoms with E-state index in [9.17, 15) is 19.1 Å². The minimum atomic E-state index is -1.20. The van der Waals surface area contributed by atoms with Crippen LogP contribution in [0.4, 0.5) is 10.2 Å². The predicted octanol–water partition coefficient (Wildman–Crippen LogP) is 3.14. The number of amides is 1. The maximum absolute atomic E-state index is 13.9. The van der Waals surface area contributed by atoms with E-state index in [4.69, 9.17) is 9.72 Å². The number of carbonyl (C=O) groups is 2. The summed E-state index contributed by atoms with van der Waals surface area (Å²) in [4.78, 5) is 32.5. The summed E-state index contributed by atoms with van der Waals surface area (Å²) in [5.41, 5.74) is 2.26. The van der Waals surface area contributed by atoms with Crippen LogP contribution in [-0.4, -0.2) is 52.8 Å². The molecule has 1 aliphatic heterocycles. The predicted molar refractivity (Wildman–Crippen MR) is 122 cm³/mol. The lowest BCUT2D eigenvalue weighted by Gasteiger charge is -2.18. The highest BCUT2D eigenvalue weighted by Crippen LogP contribution is 2.21. The molecular weight excluding hydrogens is 427 g/mol. The summed E-state index contributed by atoms with van der Waals surface area (Å²) >= 11 is 0. The van der Waals surface area contributed by atoms with Crippen molar-refractivity contribution < 1.29 is 23.8 Å². The van der Waals surface area contributed by atoms with Crippen molar-refractivity contribution in [3.63, 3.8) is 0 Å². The standard InChI is InChI=1S/C24H31FN4O4/c1-15(5-7-18-8-6-17-4-3-11-27-22(17)28-18)14-33-13-10-20(24(31)32)29-23(30)21-16(2)26-12-9-19(21)25/h6,8-9,12,15,20H,3-5,7,10-11,13-14H2,1-2H3,(H,27,28)(H,29,30)(H,31,32)/t15-,20-/m1/s1. The molecule has 3 N–H and O–H groups in total. The number of aliphatic carboxylic acids is 1. The Hall–Kier alpha value is -3.07. The van der Waals surface area contributed by atoms with Gasteiger partial charge in [0.05, 0.1) is 11.3 Å². The van der Waals surface area contributed by atoms with Gasteiger partial charge in [0.25, 0.3) is 5.91 Å². The highest BCUT2D eigenvalue weighted by molar-refractivity contribution is 5.97. The van der Waals surface area contributed by atoms with Crippen molar-refractivity contribution in [2.75, 3.05) is 25.1 Å². The van der Waals surface area contributed by atoms with Crippen LogP contribution in [0, 0.1) is 18.7 Å². The molecule has 0 saturated carbocycles. The van der Waals surface area contributed by atoms with Gasteiger partial charge >= 0.3 is 5.97 Å². The van der Waals surface area contributed by atoms with E-state index in [1.165, 1.54) is 18.7 Å². The molecule has 2 atom stereocenters. The number of hydrogen-bond donors (Lipinski definition) is 3. The Balaban J connectivity index is 1.40. The fourth-order valence-electron chi connectivity index (χ4n) is 3.77. The normalized spacial score (nSPS) is 14.6. The first-order chi connectivity index (χ1) is 15.8. The Morgan fingerprint density at radius 1 is 1.30 bits per heavy atom. The van der Waals surface area contributed by atoms with Crippen molar-refractivity contribution >= 4 is 17.7 Å². The number of halogens is 1. The second-order valence-electron chi connectivity index (χ2n) is 8.47. The van der Waals surface area contributed by atoms with Gasteiger partial charge in [-0.3, -0.25) is 9.78 Å². The van der Waals surface area contributed by atoms with Crippen LogP contribution in [-0.2, 0) is 22.4 Å². The van der Waals surface area contributed by atoms with Gasteiger partial charge in [-0.1, -0.05) is 13.0 Å². The highest BCUT2D eigenvalue weighted by atomic mass is 19.1. The van der Waals surface area contributed by atoms with Gasteiger partial charge in [0.15, 0.2) is 0 Å². The third kappa shape index (κ3) is 6.95. The number of pyridine rings is 2. The zero-order valence-corrected chi connectivity index (χ0v) is 19.1. The lowest BCUT2D eigenvalue weighted by molar-refractivity contribution is -0.139. The third-order valence-electron chi connectivity index (χ3n) is 5.72. The maximum atomic E-state index is 13.9. The summed E-state index contributed by atoms with van der Waals surface area (Å²) in [7, 11) is 0. The average molecular weight is 459 g/mol. The molecule has 0 aromatic carbocycles. The molecule has 2 aromatic rings. The van der Waals surface area contributed by atoms with Gasteiger partial charge in [-0.2, -0.15) is 0 Å². The molecule has 1 aliphatic rings. The lowest BCUT2D eigenvalue weighted by atomic mass is 10.0. The summed E-state index contributed by atoms with van der Waals surface area (Å²) < 4.78 is 19.6. The molecule has 3 rings (SSSR count). The van der Waals surface area contributed by atoms with Gasteiger partial charge in [0.2, 0.25) is 0 Å².